The molecule has 1 aromatic rings. The van der Waals surface area contributed by atoms with Crippen molar-refractivity contribution in [2.24, 2.45) is 5.92 Å². The minimum Gasteiger partial charge on any atom is -0.348 e. The lowest BCUT2D eigenvalue weighted by molar-refractivity contribution is -0.137. The van der Waals surface area contributed by atoms with Gasteiger partial charge in [0.05, 0.1) is 24.1 Å². The molecule has 11 heteroatoms. The summed E-state index contributed by atoms with van der Waals surface area (Å²) in [5, 5.41) is 7.60. The second-order valence-electron chi connectivity index (χ2n) is 7.14. The number of nitrogens with one attached hydrogen (secondary N) is 3. The first kappa shape index (κ1) is 20.6. The lowest BCUT2D eigenvalue weighted by atomic mass is 9.99. The van der Waals surface area contributed by atoms with Crippen LogP contribution in [0.5, 0.6) is 0 Å². The number of benzene rings is 1. The summed E-state index contributed by atoms with van der Waals surface area (Å²) in [7, 11) is -3.66. The number of alkyl halides is 3. The molecule has 1 saturated heterocycles. The monoisotopic (exact) mass is 419 g/mol. The van der Waals surface area contributed by atoms with Crippen molar-refractivity contribution in [1.29, 1.82) is 0 Å². The summed E-state index contributed by atoms with van der Waals surface area (Å²) in [6.45, 7) is 0. The highest BCUT2D eigenvalue weighted by Gasteiger charge is 2.39. The van der Waals surface area contributed by atoms with Crippen LogP contribution >= 0.6 is 0 Å². The van der Waals surface area contributed by atoms with Crippen molar-refractivity contribution in [3.8, 4) is 0 Å². The van der Waals surface area contributed by atoms with Gasteiger partial charge in [0.15, 0.2) is 15.3 Å². The zero-order valence-corrected chi connectivity index (χ0v) is 15.7. The molecule has 1 saturated carbocycles. The van der Waals surface area contributed by atoms with Gasteiger partial charge in [0.2, 0.25) is 11.8 Å². The Morgan fingerprint density at radius 3 is 2.32 bits per heavy atom. The topological polar surface area (TPSA) is 104 Å². The Kier molecular flexibility index (Phi) is 5.41. The number of halogens is 3. The highest BCUT2D eigenvalue weighted by atomic mass is 32.2. The number of hydrogen-bond acceptors (Lipinski definition) is 5. The molecule has 0 aromatic heterocycles. The predicted octanol–water partition coefficient (Wildman–Crippen LogP) is 1.08. The minimum atomic E-state index is -4.45. The fraction of sp³-hybridized carbons (Fsp3) is 0.529. The molecule has 2 aliphatic rings. The standard InChI is InChI=1S/C17H20F3N3O4S/c1-28(26,27)16-21-12(8-13(24)22-16)15(25)23-14(9-2-3-9)10-4-6-11(7-5-10)17(18,19)20/h4-7,9,12,14,16,21H,2-3,8H2,1H3,(H,22,24)(H,23,25)/t12?,14-,16?/m1/s1. The maximum atomic E-state index is 12.7. The summed E-state index contributed by atoms with van der Waals surface area (Å²) < 4.78 is 61.6. The Labute approximate surface area is 160 Å². The van der Waals surface area contributed by atoms with Crippen LogP contribution in [0.4, 0.5) is 13.2 Å². The van der Waals surface area contributed by atoms with Crippen molar-refractivity contribution in [3.05, 3.63) is 35.4 Å². The SMILES string of the molecule is CS(=O)(=O)C1NC(=O)CC(C(=O)N[C@@H](c2ccc(C(F)(F)F)cc2)C2CC2)N1. The number of amides is 2. The van der Waals surface area contributed by atoms with E-state index >= 15 is 0 Å². The molecular formula is C17H20F3N3O4S. The predicted molar refractivity (Wildman–Crippen MR) is 93.4 cm³/mol. The Morgan fingerprint density at radius 1 is 1.21 bits per heavy atom. The van der Waals surface area contributed by atoms with Gasteiger partial charge in [0, 0.05) is 6.26 Å². The van der Waals surface area contributed by atoms with Crippen molar-refractivity contribution in [2.75, 3.05) is 6.26 Å². The van der Waals surface area contributed by atoms with Gasteiger partial charge in [-0.1, -0.05) is 12.1 Å². The molecule has 3 rings (SSSR count). The van der Waals surface area contributed by atoms with Gasteiger partial charge >= 0.3 is 6.18 Å². The Balaban J connectivity index is 1.74. The second kappa shape index (κ2) is 7.36. The van der Waals surface area contributed by atoms with E-state index in [0.29, 0.717) is 5.56 Å². The first-order valence-corrected chi connectivity index (χ1v) is 10.6. The minimum absolute atomic E-state index is 0.0869. The largest absolute Gasteiger partial charge is 0.416 e. The average molecular weight is 419 g/mol. The summed E-state index contributed by atoms with van der Waals surface area (Å²) in [5.74, 6) is -1.06. The van der Waals surface area contributed by atoms with E-state index in [2.05, 4.69) is 16.0 Å². The molecule has 1 aromatic carbocycles. The van der Waals surface area contributed by atoms with E-state index in [0.717, 1.165) is 31.2 Å². The van der Waals surface area contributed by atoms with Gasteiger partial charge in [-0.3, -0.25) is 14.9 Å². The van der Waals surface area contributed by atoms with Crippen molar-refractivity contribution in [2.45, 2.75) is 43.0 Å². The van der Waals surface area contributed by atoms with Gasteiger partial charge in [-0.2, -0.15) is 13.2 Å². The fourth-order valence-electron chi connectivity index (χ4n) is 3.11. The molecule has 1 aliphatic heterocycles. The summed E-state index contributed by atoms with van der Waals surface area (Å²) in [6, 6.07) is 3.02. The third kappa shape index (κ3) is 4.82. The first-order valence-electron chi connectivity index (χ1n) is 8.67. The zero-order valence-electron chi connectivity index (χ0n) is 14.9. The van der Waals surface area contributed by atoms with Crippen LogP contribution in [0.3, 0.4) is 0 Å². The molecule has 1 heterocycles. The zero-order chi connectivity index (χ0) is 20.7. The Hall–Kier alpha value is -2.14. The quantitative estimate of drug-likeness (QED) is 0.663. The fourth-order valence-corrected chi connectivity index (χ4v) is 3.87. The molecule has 3 N–H and O–H groups in total. The molecule has 2 unspecified atom stereocenters. The van der Waals surface area contributed by atoms with E-state index in [1.807, 2.05) is 0 Å². The van der Waals surface area contributed by atoms with E-state index in [4.69, 9.17) is 0 Å². The van der Waals surface area contributed by atoms with E-state index in [1.165, 1.54) is 12.1 Å². The molecule has 0 spiro atoms. The number of sulfone groups is 1. The van der Waals surface area contributed by atoms with Crippen LogP contribution in [0.25, 0.3) is 0 Å². The van der Waals surface area contributed by atoms with Crippen LogP contribution in [0.1, 0.15) is 36.4 Å². The van der Waals surface area contributed by atoms with Crippen LogP contribution in [-0.2, 0) is 25.6 Å². The van der Waals surface area contributed by atoms with Crippen molar-refractivity contribution in [3.63, 3.8) is 0 Å². The summed E-state index contributed by atoms with van der Waals surface area (Å²) in [4.78, 5) is 24.4. The van der Waals surface area contributed by atoms with E-state index in [-0.39, 0.29) is 12.3 Å². The van der Waals surface area contributed by atoms with Crippen molar-refractivity contribution < 1.29 is 31.2 Å². The number of hydrogen-bond donors (Lipinski definition) is 3. The van der Waals surface area contributed by atoms with E-state index in [9.17, 15) is 31.2 Å². The van der Waals surface area contributed by atoms with Crippen LogP contribution in [-0.4, -0.2) is 38.0 Å². The molecule has 3 atom stereocenters. The molecule has 2 amide bonds. The van der Waals surface area contributed by atoms with Gasteiger partial charge < -0.3 is 10.6 Å². The Bertz CT molecular complexity index is 867. The average Bonchev–Trinajstić information content (AvgIpc) is 3.42. The maximum absolute atomic E-state index is 12.7. The van der Waals surface area contributed by atoms with Gasteiger partial charge in [0.1, 0.15) is 0 Å². The smallest absolute Gasteiger partial charge is 0.348 e. The third-order valence-electron chi connectivity index (χ3n) is 4.77. The van der Waals surface area contributed by atoms with Crippen LogP contribution in [0.15, 0.2) is 24.3 Å². The number of rotatable bonds is 5. The Morgan fingerprint density at radius 2 is 1.82 bits per heavy atom. The summed E-state index contributed by atoms with van der Waals surface area (Å²) >= 11 is 0. The first-order chi connectivity index (χ1) is 12.9. The lowest BCUT2D eigenvalue weighted by Gasteiger charge is -2.31. The highest BCUT2D eigenvalue weighted by Crippen LogP contribution is 2.41. The molecular weight excluding hydrogens is 399 g/mol. The summed E-state index contributed by atoms with van der Waals surface area (Å²) in [6.07, 6.45) is -2.12. The number of carbonyl (C=O) groups is 2. The van der Waals surface area contributed by atoms with Gasteiger partial charge in [-0.05, 0) is 36.5 Å². The maximum Gasteiger partial charge on any atom is 0.416 e. The highest BCUT2D eigenvalue weighted by molar-refractivity contribution is 7.91. The van der Waals surface area contributed by atoms with Crippen molar-refractivity contribution >= 4 is 21.7 Å². The molecule has 0 radical (unpaired) electrons. The molecule has 0 bridgehead atoms. The molecule has 7 nitrogen and oxygen atoms in total. The van der Waals surface area contributed by atoms with E-state index in [1.54, 1.807) is 0 Å². The van der Waals surface area contributed by atoms with Gasteiger partial charge in [0.25, 0.3) is 0 Å². The van der Waals surface area contributed by atoms with Gasteiger partial charge in [-0.15, -0.1) is 0 Å². The molecule has 1 aliphatic carbocycles. The third-order valence-corrected chi connectivity index (χ3v) is 5.88. The van der Waals surface area contributed by atoms with Crippen molar-refractivity contribution in [1.82, 2.24) is 16.0 Å². The normalized spacial score (nSPS) is 24.4. The van der Waals surface area contributed by atoms with Crippen LogP contribution in [0, 0.1) is 5.92 Å². The van der Waals surface area contributed by atoms with E-state index < -0.39 is 51.0 Å². The number of carbonyl (C=O) groups excluding carboxylic acids is 2. The molecule has 28 heavy (non-hydrogen) atoms. The summed E-state index contributed by atoms with van der Waals surface area (Å²) in [5.41, 5.74) is -1.61. The van der Waals surface area contributed by atoms with Gasteiger partial charge in [-0.25, -0.2) is 8.42 Å². The van der Waals surface area contributed by atoms with Crippen LogP contribution in [0.2, 0.25) is 0 Å². The molecule has 2 fully saturated rings. The van der Waals surface area contributed by atoms with Crippen LogP contribution < -0.4 is 16.0 Å². The lowest BCUT2D eigenvalue weighted by Crippen LogP contribution is -2.63. The second-order valence-corrected chi connectivity index (χ2v) is 9.27. The molecule has 154 valence electrons.